The van der Waals surface area contributed by atoms with Crippen LogP contribution in [0.15, 0.2) is 18.2 Å². The van der Waals surface area contributed by atoms with Crippen LogP contribution in [0.25, 0.3) is 0 Å². The number of rotatable bonds is 3. The largest absolute Gasteiger partial charge is 0.465 e. The topological polar surface area (TPSA) is 26.3 Å². The molecular weight excluding hydrogens is 188 g/mol. The first-order valence-corrected chi connectivity index (χ1v) is 5.11. The molecule has 2 heteroatoms. The van der Waals surface area contributed by atoms with Crippen molar-refractivity contribution < 1.29 is 9.53 Å². The molecule has 0 spiro atoms. The Morgan fingerprint density at radius 3 is 2.27 bits per heavy atom. The van der Waals surface area contributed by atoms with E-state index in [1.165, 1.54) is 13.0 Å². The minimum atomic E-state index is -0.271. The van der Waals surface area contributed by atoms with Crippen LogP contribution in [0.4, 0.5) is 0 Å². The molecular formula is C13H17O2. The van der Waals surface area contributed by atoms with Crippen molar-refractivity contribution >= 4 is 5.97 Å². The molecule has 0 unspecified atom stereocenters. The molecule has 1 radical (unpaired) electrons. The number of methoxy groups -OCH3 is 1. The van der Waals surface area contributed by atoms with Gasteiger partial charge in [-0.15, -0.1) is 0 Å². The summed E-state index contributed by atoms with van der Waals surface area (Å²) < 4.78 is 4.72. The molecule has 0 aromatic heterocycles. The molecule has 0 N–H and O–H groups in total. The van der Waals surface area contributed by atoms with Crippen LogP contribution in [-0.4, -0.2) is 13.1 Å². The summed E-state index contributed by atoms with van der Waals surface area (Å²) in [7, 11) is 1.41. The molecule has 0 aliphatic carbocycles. The normalized spacial score (nSPS) is 10.5. The molecule has 0 amide bonds. The standard InChI is InChI=1S/C13H17O2/c1-5-10-6-11(9(2)3)8-12(7-10)13(14)15-4/h6-8H,5H2,1-4H3. The SMILES string of the molecule is CCc1cc([C](C)C)cc(C(=O)OC)c1. The average Bonchev–Trinajstić information content (AvgIpc) is 2.27. The molecule has 2 nitrogen and oxygen atoms in total. The van der Waals surface area contributed by atoms with Crippen LogP contribution in [-0.2, 0) is 11.2 Å². The predicted octanol–water partition coefficient (Wildman–Crippen LogP) is 3.00. The highest BCUT2D eigenvalue weighted by Crippen LogP contribution is 2.18. The van der Waals surface area contributed by atoms with Crippen molar-refractivity contribution in [1.82, 2.24) is 0 Å². The minimum Gasteiger partial charge on any atom is -0.465 e. The van der Waals surface area contributed by atoms with E-state index < -0.39 is 0 Å². The summed E-state index contributed by atoms with van der Waals surface area (Å²) in [5.41, 5.74) is 2.90. The van der Waals surface area contributed by atoms with Gasteiger partial charge in [-0.3, -0.25) is 0 Å². The summed E-state index contributed by atoms with van der Waals surface area (Å²) >= 11 is 0. The molecule has 1 aromatic carbocycles. The Hall–Kier alpha value is -1.31. The molecule has 0 fully saturated rings. The van der Waals surface area contributed by atoms with Gasteiger partial charge in [0, 0.05) is 0 Å². The van der Waals surface area contributed by atoms with Crippen LogP contribution in [0.5, 0.6) is 0 Å². The molecule has 81 valence electrons. The van der Waals surface area contributed by atoms with Gasteiger partial charge in [0.15, 0.2) is 0 Å². The van der Waals surface area contributed by atoms with Gasteiger partial charge in [-0.05, 0) is 35.6 Å². The van der Waals surface area contributed by atoms with Crippen molar-refractivity contribution in [1.29, 1.82) is 0 Å². The van der Waals surface area contributed by atoms with E-state index in [2.05, 4.69) is 13.0 Å². The number of hydrogen-bond acceptors (Lipinski definition) is 2. The fraction of sp³-hybridized carbons (Fsp3) is 0.385. The minimum absolute atomic E-state index is 0.271. The number of ether oxygens (including phenoxy) is 1. The Bertz CT molecular complexity index is 354. The average molecular weight is 205 g/mol. The first-order valence-electron chi connectivity index (χ1n) is 5.11. The lowest BCUT2D eigenvalue weighted by Gasteiger charge is -2.09. The van der Waals surface area contributed by atoms with Crippen LogP contribution in [0, 0.1) is 5.92 Å². The van der Waals surface area contributed by atoms with Gasteiger partial charge in [0.05, 0.1) is 12.7 Å². The van der Waals surface area contributed by atoms with Gasteiger partial charge in [-0.2, -0.15) is 0 Å². The third-order valence-electron chi connectivity index (χ3n) is 2.40. The second kappa shape index (κ2) is 4.96. The van der Waals surface area contributed by atoms with Gasteiger partial charge < -0.3 is 4.74 Å². The quantitative estimate of drug-likeness (QED) is 0.709. The molecule has 0 aliphatic heterocycles. The molecule has 1 aromatic rings. The zero-order valence-electron chi connectivity index (χ0n) is 9.76. The van der Waals surface area contributed by atoms with E-state index in [1.54, 1.807) is 0 Å². The Morgan fingerprint density at radius 2 is 1.80 bits per heavy atom. The zero-order valence-corrected chi connectivity index (χ0v) is 9.76. The highest BCUT2D eigenvalue weighted by molar-refractivity contribution is 5.89. The smallest absolute Gasteiger partial charge is 0.337 e. The van der Waals surface area contributed by atoms with Gasteiger partial charge in [0.2, 0.25) is 0 Å². The number of benzene rings is 1. The lowest BCUT2D eigenvalue weighted by Crippen LogP contribution is -2.04. The third kappa shape index (κ3) is 2.82. The van der Waals surface area contributed by atoms with Crippen molar-refractivity contribution in [2.75, 3.05) is 7.11 Å². The molecule has 0 atom stereocenters. The Morgan fingerprint density at radius 1 is 1.20 bits per heavy atom. The molecule has 0 saturated carbocycles. The predicted molar refractivity (Wildman–Crippen MR) is 60.9 cm³/mol. The maximum Gasteiger partial charge on any atom is 0.337 e. The van der Waals surface area contributed by atoms with Crippen molar-refractivity contribution in [2.24, 2.45) is 0 Å². The second-order valence-electron chi connectivity index (χ2n) is 3.76. The van der Waals surface area contributed by atoms with Gasteiger partial charge in [0.25, 0.3) is 0 Å². The fourth-order valence-corrected chi connectivity index (χ4v) is 1.42. The summed E-state index contributed by atoms with van der Waals surface area (Å²) in [6, 6.07) is 5.88. The van der Waals surface area contributed by atoms with Crippen molar-refractivity contribution in [2.45, 2.75) is 27.2 Å². The van der Waals surface area contributed by atoms with Gasteiger partial charge in [0.1, 0.15) is 0 Å². The number of carbonyl (C=O) groups excluding carboxylic acids is 1. The lowest BCUT2D eigenvalue weighted by atomic mass is 9.97. The van der Waals surface area contributed by atoms with Crippen molar-refractivity contribution in [3.63, 3.8) is 0 Å². The van der Waals surface area contributed by atoms with E-state index in [0.29, 0.717) is 5.56 Å². The molecule has 0 bridgehead atoms. The number of aryl methyl sites for hydroxylation is 1. The summed E-state index contributed by atoms with van der Waals surface area (Å²) in [6.45, 7) is 6.15. The van der Waals surface area contributed by atoms with Gasteiger partial charge in [-0.1, -0.05) is 26.8 Å². The van der Waals surface area contributed by atoms with Crippen LogP contribution in [0.1, 0.15) is 42.3 Å². The molecule has 0 saturated heterocycles. The monoisotopic (exact) mass is 205 g/mol. The van der Waals surface area contributed by atoms with Crippen LogP contribution < -0.4 is 0 Å². The summed E-state index contributed by atoms with van der Waals surface area (Å²) in [5, 5.41) is 0. The van der Waals surface area contributed by atoms with Crippen LogP contribution in [0.2, 0.25) is 0 Å². The molecule has 1 rings (SSSR count). The first-order chi connectivity index (χ1) is 7.08. The maximum absolute atomic E-state index is 11.4. The Kier molecular flexibility index (Phi) is 3.89. The third-order valence-corrected chi connectivity index (χ3v) is 2.40. The number of hydrogen-bond donors (Lipinski definition) is 0. The lowest BCUT2D eigenvalue weighted by molar-refractivity contribution is 0.0600. The summed E-state index contributed by atoms with van der Waals surface area (Å²) in [5.74, 6) is 0.934. The molecule has 0 aliphatic rings. The second-order valence-corrected chi connectivity index (χ2v) is 3.76. The van der Waals surface area contributed by atoms with Crippen molar-refractivity contribution in [3.8, 4) is 0 Å². The Labute approximate surface area is 91.3 Å². The Balaban J connectivity index is 3.17. The molecule has 15 heavy (non-hydrogen) atoms. The number of esters is 1. The zero-order chi connectivity index (χ0) is 11.4. The first kappa shape index (κ1) is 11.8. The van der Waals surface area contributed by atoms with Gasteiger partial charge >= 0.3 is 5.97 Å². The van der Waals surface area contributed by atoms with Crippen LogP contribution >= 0.6 is 0 Å². The van der Waals surface area contributed by atoms with E-state index in [9.17, 15) is 4.79 Å². The van der Waals surface area contributed by atoms with E-state index in [0.717, 1.165) is 17.5 Å². The van der Waals surface area contributed by atoms with Crippen LogP contribution in [0.3, 0.4) is 0 Å². The van der Waals surface area contributed by atoms with E-state index >= 15 is 0 Å². The molecule has 0 heterocycles. The van der Waals surface area contributed by atoms with Gasteiger partial charge in [-0.25, -0.2) is 4.79 Å². The summed E-state index contributed by atoms with van der Waals surface area (Å²) in [6.07, 6.45) is 0.922. The fourth-order valence-electron chi connectivity index (χ4n) is 1.42. The van der Waals surface area contributed by atoms with E-state index in [-0.39, 0.29) is 5.97 Å². The highest BCUT2D eigenvalue weighted by Gasteiger charge is 2.10. The maximum atomic E-state index is 11.4. The van der Waals surface area contributed by atoms with E-state index in [4.69, 9.17) is 4.74 Å². The summed E-state index contributed by atoms with van der Waals surface area (Å²) in [4.78, 5) is 11.4. The highest BCUT2D eigenvalue weighted by atomic mass is 16.5. The number of carbonyl (C=O) groups is 1. The van der Waals surface area contributed by atoms with E-state index in [1.807, 2.05) is 26.0 Å². The van der Waals surface area contributed by atoms with Crippen molar-refractivity contribution in [3.05, 3.63) is 40.8 Å².